The molecule has 1 aliphatic rings. The van der Waals surface area contributed by atoms with E-state index in [1.165, 1.54) is 7.11 Å². The molecule has 0 aromatic carbocycles. The number of amides is 1. The van der Waals surface area contributed by atoms with Crippen LogP contribution in [-0.4, -0.2) is 43.4 Å². The molecule has 0 spiro atoms. The molecular formula is C12H23ClN2O4. The van der Waals surface area contributed by atoms with E-state index < -0.39 is 11.7 Å². The third-order valence-electron chi connectivity index (χ3n) is 2.61. The van der Waals surface area contributed by atoms with Crippen LogP contribution in [0.2, 0.25) is 0 Å². The Morgan fingerprint density at radius 1 is 1.32 bits per heavy atom. The Morgan fingerprint density at radius 2 is 1.95 bits per heavy atom. The minimum atomic E-state index is -0.515. The molecule has 2 N–H and O–H groups in total. The molecule has 0 unspecified atom stereocenters. The Kier molecular flexibility index (Phi) is 7.15. The van der Waals surface area contributed by atoms with Crippen LogP contribution in [0.25, 0.3) is 0 Å². The van der Waals surface area contributed by atoms with E-state index in [4.69, 9.17) is 4.74 Å². The summed E-state index contributed by atoms with van der Waals surface area (Å²) in [6.07, 6.45) is 0.844. The number of carbonyl (C=O) groups is 2. The van der Waals surface area contributed by atoms with Crippen molar-refractivity contribution in [3.05, 3.63) is 0 Å². The van der Waals surface area contributed by atoms with Gasteiger partial charge in [0.05, 0.1) is 7.11 Å². The fraction of sp³-hybridized carbons (Fsp3) is 0.833. The van der Waals surface area contributed by atoms with Gasteiger partial charge in [0.1, 0.15) is 11.6 Å². The number of esters is 1. The van der Waals surface area contributed by atoms with E-state index >= 15 is 0 Å². The summed E-state index contributed by atoms with van der Waals surface area (Å²) in [5.41, 5.74) is -0.515. The minimum absolute atomic E-state index is 0. The first-order valence-corrected chi connectivity index (χ1v) is 6.12. The largest absolute Gasteiger partial charge is 0.468 e. The van der Waals surface area contributed by atoms with Gasteiger partial charge in [-0.15, -0.1) is 12.4 Å². The smallest absolute Gasteiger partial charge is 0.407 e. The summed E-state index contributed by atoms with van der Waals surface area (Å²) >= 11 is 0. The van der Waals surface area contributed by atoms with E-state index in [2.05, 4.69) is 15.4 Å². The maximum atomic E-state index is 11.6. The SMILES string of the molecule is COC(=O)[C@H]1C[C@@H](NC(=O)OC(C)(C)C)CCN1.Cl. The molecule has 2 atom stereocenters. The van der Waals surface area contributed by atoms with Gasteiger partial charge in [0.15, 0.2) is 0 Å². The molecule has 0 aliphatic carbocycles. The molecule has 1 heterocycles. The van der Waals surface area contributed by atoms with Crippen molar-refractivity contribution < 1.29 is 19.1 Å². The molecule has 1 rings (SSSR count). The molecule has 7 heteroatoms. The molecule has 0 bridgehead atoms. The van der Waals surface area contributed by atoms with Crippen molar-refractivity contribution in [1.29, 1.82) is 0 Å². The van der Waals surface area contributed by atoms with Crippen molar-refractivity contribution in [1.82, 2.24) is 10.6 Å². The number of nitrogens with one attached hydrogen (secondary N) is 2. The summed E-state index contributed by atoms with van der Waals surface area (Å²) in [7, 11) is 1.36. The number of carbonyl (C=O) groups excluding carboxylic acids is 2. The Hall–Kier alpha value is -1.01. The summed E-state index contributed by atoms with van der Waals surface area (Å²) in [6.45, 7) is 6.10. The van der Waals surface area contributed by atoms with E-state index in [9.17, 15) is 9.59 Å². The number of alkyl carbamates (subject to hydrolysis) is 1. The van der Waals surface area contributed by atoms with Crippen LogP contribution in [0.15, 0.2) is 0 Å². The first-order chi connectivity index (χ1) is 8.31. The third-order valence-corrected chi connectivity index (χ3v) is 2.61. The lowest BCUT2D eigenvalue weighted by Gasteiger charge is -2.30. The van der Waals surface area contributed by atoms with Crippen LogP contribution in [0.3, 0.4) is 0 Å². The van der Waals surface area contributed by atoms with E-state index in [0.29, 0.717) is 13.0 Å². The van der Waals surface area contributed by atoms with Gasteiger partial charge < -0.3 is 20.1 Å². The Labute approximate surface area is 120 Å². The molecule has 1 aliphatic heterocycles. The van der Waals surface area contributed by atoms with Gasteiger partial charge in [0.25, 0.3) is 0 Å². The minimum Gasteiger partial charge on any atom is -0.468 e. The van der Waals surface area contributed by atoms with Crippen LogP contribution in [-0.2, 0) is 14.3 Å². The predicted octanol–water partition coefficient (Wildman–Crippen LogP) is 1.23. The first kappa shape index (κ1) is 18.0. The number of ether oxygens (including phenoxy) is 2. The summed E-state index contributed by atoms with van der Waals surface area (Å²) in [4.78, 5) is 23.0. The molecule has 1 amide bonds. The second kappa shape index (κ2) is 7.55. The van der Waals surface area contributed by atoms with Gasteiger partial charge in [-0.25, -0.2) is 4.79 Å². The third kappa shape index (κ3) is 6.63. The van der Waals surface area contributed by atoms with Crippen molar-refractivity contribution in [3.63, 3.8) is 0 Å². The number of rotatable bonds is 2. The number of hydrogen-bond acceptors (Lipinski definition) is 5. The van der Waals surface area contributed by atoms with Gasteiger partial charge in [0.2, 0.25) is 0 Å². The van der Waals surface area contributed by atoms with Crippen molar-refractivity contribution >= 4 is 24.5 Å². The first-order valence-electron chi connectivity index (χ1n) is 6.12. The second-order valence-corrected chi connectivity index (χ2v) is 5.40. The quantitative estimate of drug-likeness (QED) is 0.749. The van der Waals surface area contributed by atoms with Gasteiger partial charge in [-0.3, -0.25) is 4.79 Å². The summed E-state index contributed by atoms with van der Waals surface area (Å²) in [6, 6.07) is -0.422. The maximum Gasteiger partial charge on any atom is 0.407 e. The number of methoxy groups -OCH3 is 1. The number of halogens is 1. The lowest BCUT2D eigenvalue weighted by atomic mass is 10.00. The zero-order valence-corrected chi connectivity index (χ0v) is 12.6. The van der Waals surface area contributed by atoms with E-state index in [0.717, 1.165) is 6.42 Å². The Bertz CT molecular complexity index is 317. The van der Waals surface area contributed by atoms with E-state index in [1.807, 2.05) is 20.8 Å². The van der Waals surface area contributed by atoms with E-state index in [1.54, 1.807) is 0 Å². The lowest BCUT2D eigenvalue weighted by molar-refractivity contribution is -0.143. The van der Waals surface area contributed by atoms with Crippen molar-refractivity contribution in [3.8, 4) is 0 Å². The highest BCUT2D eigenvalue weighted by Gasteiger charge is 2.29. The molecule has 0 aromatic rings. The molecule has 112 valence electrons. The molecule has 1 saturated heterocycles. The van der Waals surface area contributed by atoms with Crippen LogP contribution >= 0.6 is 12.4 Å². The zero-order chi connectivity index (χ0) is 13.8. The number of piperidine rings is 1. The van der Waals surface area contributed by atoms with Crippen LogP contribution in [0.4, 0.5) is 4.79 Å². The molecule has 0 aromatic heterocycles. The molecule has 0 radical (unpaired) electrons. The Balaban J connectivity index is 0.00000324. The van der Waals surface area contributed by atoms with Crippen LogP contribution in [0.1, 0.15) is 33.6 Å². The fourth-order valence-corrected chi connectivity index (χ4v) is 1.84. The highest BCUT2D eigenvalue weighted by atomic mass is 35.5. The second-order valence-electron chi connectivity index (χ2n) is 5.40. The van der Waals surface area contributed by atoms with Gasteiger partial charge in [-0.05, 0) is 40.2 Å². The monoisotopic (exact) mass is 294 g/mol. The van der Waals surface area contributed by atoms with E-state index in [-0.39, 0.29) is 30.5 Å². The zero-order valence-electron chi connectivity index (χ0n) is 11.8. The fourth-order valence-electron chi connectivity index (χ4n) is 1.84. The normalized spacial score (nSPS) is 22.9. The average Bonchev–Trinajstić information content (AvgIpc) is 2.25. The highest BCUT2D eigenvalue weighted by molar-refractivity contribution is 5.85. The average molecular weight is 295 g/mol. The summed E-state index contributed by atoms with van der Waals surface area (Å²) < 4.78 is 9.85. The standard InChI is InChI=1S/C12H22N2O4.ClH/c1-12(2,3)18-11(16)14-8-5-6-13-9(7-8)10(15)17-4;/h8-9,13H,5-7H2,1-4H3,(H,14,16);1H/t8-,9+;/m0./s1. The van der Waals surface area contributed by atoms with Crippen LogP contribution in [0.5, 0.6) is 0 Å². The highest BCUT2D eigenvalue weighted by Crippen LogP contribution is 2.12. The van der Waals surface area contributed by atoms with Gasteiger partial charge in [-0.1, -0.05) is 0 Å². The lowest BCUT2D eigenvalue weighted by Crippen LogP contribution is -2.51. The molecule has 19 heavy (non-hydrogen) atoms. The summed E-state index contributed by atoms with van der Waals surface area (Å²) in [5.74, 6) is -0.300. The van der Waals surface area contributed by atoms with Gasteiger partial charge in [-0.2, -0.15) is 0 Å². The van der Waals surface area contributed by atoms with Crippen molar-refractivity contribution in [2.45, 2.75) is 51.3 Å². The maximum absolute atomic E-state index is 11.6. The Morgan fingerprint density at radius 3 is 2.47 bits per heavy atom. The van der Waals surface area contributed by atoms with Crippen molar-refractivity contribution in [2.24, 2.45) is 0 Å². The van der Waals surface area contributed by atoms with Gasteiger partial charge in [0, 0.05) is 6.04 Å². The topological polar surface area (TPSA) is 76.7 Å². The molecule has 1 fully saturated rings. The van der Waals surface area contributed by atoms with Gasteiger partial charge >= 0.3 is 12.1 Å². The van der Waals surface area contributed by atoms with Crippen LogP contribution < -0.4 is 10.6 Å². The number of hydrogen-bond donors (Lipinski definition) is 2. The predicted molar refractivity (Wildman–Crippen MR) is 73.4 cm³/mol. The van der Waals surface area contributed by atoms with Crippen molar-refractivity contribution in [2.75, 3.05) is 13.7 Å². The summed E-state index contributed by atoms with van der Waals surface area (Å²) in [5, 5.41) is 5.83. The molecule has 0 saturated carbocycles. The van der Waals surface area contributed by atoms with Crippen LogP contribution in [0, 0.1) is 0 Å². The molecule has 6 nitrogen and oxygen atoms in total. The molecular weight excluding hydrogens is 272 g/mol.